The minimum Gasteiger partial charge on any atom is -0.465 e. The van der Waals surface area contributed by atoms with E-state index < -0.39 is 5.97 Å². The first kappa shape index (κ1) is 13.2. The molecule has 0 saturated heterocycles. The van der Waals surface area contributed by atoms with Gasteiger partial charge in [-0.15, -0.1) is 11.3 Å². The van der Waals surface area contributed by atoms with Gasteiger partial charge in [0, 0.05) is 11.1 Å². The Morgan fingerprint density at radius 3 is 2.63 bits per heavy atom. The van der Waals surface area contributed by atoms with Gasteiger partial charge in [0.25, 0.3) is 0 Å². The highest BCUT2D eigenvalue weighted by Crippen LogP contribution is 2.11. The highest BCUT2D eigenvalue weighted by Gasteiger charge is 2.07. The Bertz CT molecular complexity index is 564. The maximum Gasteiger partial charge on any atom is 0.337 e. The second kappa shape index (κ2) is 6.10. The molecule has 1 heterocycles. The molecule has 0 aliphatic rings. The van der Waals surface area contributed by atoms with Crippen molar-refractivity contribution in [2.45, 2.75) is 6.42 Å². The zero-order valence-electron chi connectivity index (χ0n) is 10.3. The average Bonchev–Trinajstić information content (AvgIpc) is 2.91. The average molecular weight is 276 g/mol. The standard InChI is InChI=1S/C13H12N2O3S/c1-18-13(17)9-2-4-10(5-3-9)15-12(16)6-11-7-19-8-14-11/h2-5,7-8H,6H2,1H3,(H,15,16). The van der Waals surface area contributed by atoms with Gasteiger partial charge in [0.1, 0.15) is 0 Å². The molecule has 2 rings (SSSR count). The predicted octanol–water partition coefficient (Wildman–Crippen LogP) is 2.11. The van der Waals surface area contributed by atoms with Gasteiger partial charge in [0.2, 0.25) is 5.91 Å². The van der Waals surface area contributed by atoms with Gasteiger partial charge in [-0.3, -0.25) is 4.79 Å². The largest absolute Gasteiger partial charge is 0.465 e. The Morgan fingerprint density at radius 1 is 1.32 bits per heavy atom. The number of thiazole rings is 1. The van der Waals surface area contributed by atoms with Crippen LogP contribution in [0.25, 0.3) is 0 Å². The Balaban J connectivity index is 1.96. The highest BCUT2D eigenvalue weighted by atomic mass is 32.1. The van der Waals surface area contributed by atoms with Gasteiger partial charge in [0.05, 0.1) is 30.3 Å². The van der Waals surface area contributed by atoms with Gasteiger partial charge in [-0.1, -0.05) is 0 Å². The van der Waals surface area contributed by atoms with E-state index in [2.05, 4.69) is 15.0 Å². The summed E-state index contributed by atoms with van der Waals surface area (Å²) < 4.78 is 4.59. The van der Waals surface area contributed by atoms with Gasteiger partial charge in [-0.05, 0) is 24.3 Å². The van der Waals surface area contributed by atoms with Crippen molar-refractivity contribution in [1.29, 1.82) is 0 Å². The molecule has 0 aliphatic carbocycles. The van der Waals surface area contributed by atoms with Crippen molar-refractivity contribution >= 4 is 28.9 Å². The number of nitrogens with one attached hydrogen (secondary N) is 1. The van der Waals surface area contributed by atoms with E-state index in [0.29, 0.717) is 11.3 Å². The van der Waals surface area contributed by atoms with Crippen molar-refractivity contribution < 1.29 is 14.3 Å². The summed E-state index contributed by atoms with van der Waals surface area (Å²) >= 11 is 1.45. The third-order valence-corrected chi connectivity index (χ3v) is 3.05. The van der Waals surface area contributed by atoms with Gasteiger partial charge in [-0.25, -0.2) is 9.78 Å². The molecule has 0 unspecified atom stereocenters. The summed E-state index contributed by atoms with van der Waals surface area (Å²) in [6.07, 6.45) is 0.238. The second-order valence-corrected chi connectivity index (χ2v) is 4.49. The molecular formula is C13H12N2O3S. The summed E-state index contributed by atoms with van der Waals surface area (Å²) in [6, 6.07) is 6.52. The highest BCUT2D eigenvalue weighted by molar-refractivity contribution is 7.07. The number of amides is 1. The number of ether oxygens (including phenoxy) is 1. The molecule has 0 radical (unpaired) electrons. The molecule has 0 fully saturated rings. The van der Waals surface area contributed by atoms with Crippen LogP contribution in [0.3, 0.4) is 0 Å². The number of methoxy groups -OCH3 is 1. The molecule has 1 aromatic carbocycles. The molecule has 19 heavy (non-hydrogen) atoms. The first-order valence-corrected chi connectivity index (χ1v) is 6.48. The molecule has 6 heteroatoms. The molecule has 0 atom stereocenters. The number of hydrogen-bond donors (Lipinski definition) is 1. The van der Waals surface area contributed by atoms with E-state index in [1.807, 2.05) is 5.38 Å². The molecule has 1 amide bonds. The second-order valence-electron chi connectivity index (χ2n) is 3.77. The van der Waals surface area contributed by atoms with Crippen LogP contribution >= 0.6 is 11.3 Å². The van der Waals surface area contributed by atoms with Crippen molar-refractivity contribution in [3.8, 4) is 0 Å². The number of anilines is 1. The first-order chi connectivity index (χ1) is 9.19. The molecule has 0 aliphatic heterocycles. The van der Waals surface area contributed by atoms with Crippen molar-refractivity contribution in [3.63, 3.8) is 0 Å². The van der Waals surface area contributed by atoms with Crippen LogP contribution in [0.5, 0.6) is 0 Å². The number of carbonyl (C=O) groups excluding carboxylic acids is 2. The molecule has 1 aromatic heterocycles. The Morgan fingerprint density at radius 2 is 2.05 bits per heavy atom. The fourth-order valence-corrected chi connectivity index (χ4v) is 2.06. The van der Waals surface area contributed by atoms with E-state index in [0.717, 1.165) is 5.69 Å². The van der Waals surface area contributed by atoms with Crippen LogP contribution in [0, 0.1) is 0 Å². The topological polar surface area (TPSA) is 68.3 Å². The van der Waals surface area contributed by atoms with E-state index in [1.54, 1.807) is 29.8 Å². The first-order valence-electron chi connectivity index (χ1n) is 5.54. The third kappa shape index (κ3) is 3.62. The van der Waals surface area contributed by atoms with E-state index in [9.17, 15) is 9.59 Å². The Hall–Kier alpha value is -2.21. The summed E-state index contributed by atoms with van der Waals surface area (Å²) in [5.74, 6) is -0.544. The van der Waals surface area contributed by atoms with Crippen LogP contribution in [0.2, 0.25) is 0 Å². The number of carbonyl (C=O) groups is 2. The number of rotatable bonds is 4. The third-order valence-electron chi connectivity index (χ3n) is 2.41. The minimum absolute atomic E-state index is 0.142. The van der Waals surface area contributed by atoms with Crippen LogP contribution in [0.1, 0.15) is 16.1 Å². The molecule has 5 nitrogen and oxygen atoms in total. The summed E-state index contributed by atoms with van der Waals surface area (Å²) in [5.41, 5.74) is 3.51. The SMILES string of the molecule is COC(=O)c1ccc(NC(=O)Cc2cscn2)cc1. The number of benzene rings is 1. The Labute approximate surface area is 114 Å². The molecule has 0 bridgehead atoms. The van der Waals surface area contributed by atoms with Gasteiger partial charge in [0.15, 0.2) is 0 Å². The molecule has 98 valence electrons. The van der Waals surface area contributed by atoms with E-state index in [1.165, 1.54) is 18.4 Å². The van der Waals surface area contributed by atoms with Gasteiger partial charge in [-0.2, -0.15) is 0 Å². The van der Waals surface area contributed by atoms with Crippen molar-refractivity contribution in [1.82, 2.24) is 4.98 Å². The molecule has 0 spiro atoms. The lowest BCUT2D eigenvalue weighted by Crippen LogP contribution is -2.14. The van der Waals surface area contributed by atoms with Crippen molar-refractivity contribution in [3.05, 3.63) is 46.4 Å². The summed E-state index contributed by atoms with van der Waals surface area (Å²) in [7, 11) is 1.33. The number of aromatic nitrogens is 1. The maximum atomic E-state index is 11.7. The number of esters is 1. The van der Waals surface area contributed by atoms with Crippen LogP contribution in [-0.2, 0) is 16.0 Å². The van der Waals surface area contributed by atoms with Crippen LogP contribution in [0.15, 0.2) is 35.2 Å². The van der Waals surface area contributed by atoms with Crippen LogP contribution in [-0.4, -0.2) is 24.0 Å². The minimum atomic E-state index is -0.402. The lowest BCUT2D eigenvalue weighted by Gasteiger charge is -2.05. The Kier molecular flexibility index (Phi) is 4.25. The summed E-state index contributed by atoms with van der Waals surface area (Å²) in [6.45, 7) is 0. The smallest absolute Gasteiger partial charge is 0.337 e. The van der Waals surface area contributed by atoms with Gasteiger partial charge >= 0.3 is 5.97 Å². The number of hydrogen-bond acceptors (Lipinski definition) is 5. The van der Waals surface area contributed by atoms with E-state index >= 15 is 0 Å². The molecule has 0 saturated carbocycles. The summed E-state index contributed by atoms with van der Waals surface area (Å²) in [4.78, 5) is 27.0. The molecule has 1 N–H and O–H groups in total. The molecule has 2 aromatic rings. The van der Waals surface area contributed by atoms with E-state index in [-0.39, 0.29) is 12.3 Å². The number of nitrogens with zero attached hydrogens (tertiary/aromatic N) is 1. The molecular weight excluding hydrogens is 264 g/mol. The lowest BCUT2D eigenvalue weighted by atomic mass is 10.2. The quantitative estimate of drug-likeness (QED) is 0.868. The fourth-order valence-electron chi connectivity index (χ4n) is 1.50. The monoisotopic (exact) mass is 276 g/mol. The van der Waals surface area contributed by atoms with Crippen molar-refractivity contribution in [2.24, 2.45) is 0 Å². The van der Waals surface area contributed by atoms with Gasteiger partial charge < -0.3 is 10.1 Å². The van der Waals surface area contributed by atoms with E-state index in [4.69, 9.17) is 0 Å². The maximum absolute atomic E-state index is 11.7. The fraction of sp³-hybridized carbons (Fsp3) is 0.154. The summed E-state index contributed by atoms with van der Waals surface area (Å²) in [5, 5.41) is 4.57. The normalized spacial score (nSPS) is 9.95. The zero-order chi connectivity index (χ0) is 13.7. The van der Waals surface area contributed by atoms with Crippen LogP contribution < -0.4 is 5.32 Å². The lowest BCUT2D eigenvalue weighted by molar-refractivity contribution is -0.115. The van der Waals surface area contributed by atoms with Crippen LogP contribution in [0.4, 0.5) is 5.69 Å². The predicted molar refractivity (Wildman–Crippen MR) is 72.2 cm³/mol. The zero-order valence-corrected chi connectivity index (χ0v) is 11.1. The van der Waals surface area contributed by atoms with Crippen molar-refractivity contribution in [2.75, 3.05) is 12.4 Å².